The lowest BCUT2D eigenvalue weighted by atomic mass is 10.2. The Labute approximate surface area is 172 Å². The normalized spacial score (nSPS) is 17.9. The van der Waals surface area contributed by atoms with Crippen LogP contribution in [0.5, 0.6) is 0 Å². The van der Waals surface area contributed by atoms with Crippen molar-refractivity contribution in [2.75, 3.05) is 62.3 Å². The van der Waals surface area contributed by atoms with E-state index in [2.05, 4.69) is 48.7 Å². The van der Waals surface area contributed by atoms with Gasteiger partial charge >= 0.3 is 0 Å². The van der Waals surface area contributed by atoms with Gasteiger partial charge in [-0.1, -0.05) is 0 Å². The van der Waals surface area contributed by atoms with Crippen LogP contribution < -0.4 is 9.80 Å². The number of morpholine rings is 1. The molecule has 7 nitrogen and oxygen atoms in total. The Balaban J connectivity index is 1.39. The summed E-state index contributed by atoms with van der Waals surface area (Å²) in [6, 6.07) is 9.84. The topological polar surface area (TPSA) is 61.8 Å². The van der Waals surface area contributed by atoms with Gasteiger partial charge in [-0.25, -0.2) is 0 Å². The van der Waals surface area contributed by atoms with Crippen molar-refractivity contribution in [2.24, 2.45) is 0 Å². The third-order valence-electron chi connectivity index (χ3n) is 4.99. The number of hydrogen-bond donors (Lipinski definition) is 0. The van der Waals surface area contributed by atoms with Crippen molar-refractivity contribution in [1.82, 2.24) is 15.1 Å². The number of halogens is 1. The van der Waals surface area contributed by atoms with E-state index >= 15 is 0 Å². The minimum atomic E-state index is 0.105. The molecule has 0 bridgehead atoms. The van der Waals surface area contributed by atoms with E-state index in [1.807, 2.05) is 29.2 Å². The third kappa shape index (κ3) is 4.32. The Hall–Kier alpha value is -1.94. The van der Waals surface area contributed by atoms with Crippen LogP contribution in [0.4, 0.5) is 11.5 Å². The molecule has 0 spiro atoms. The number of amides is 1. The van der Waals surface area contributed by atoms with Gasteiger partial charge in [0.2, 0.25) is 0 Å². The minimum absolute atomic E-state index is 0.105. The number of nitrogens with zero attached hydrogens (tertiary/aromatic N) is 5. The van der Waals surface area contributed by atoms with Crippen molar-refractivity contribution in [1.29, 1.82) is 0 Å². The zero-order valence-corrected chi connectivity index (χ0v) is 17.2. The molecule has 1 amide bonds. The van der Waals surface area contributed by atoms with Crippen LogP contribution in [0.25, 0.3) is 0 Å². The molecular formula is C19H22IN5O2. The molecule has 0 unspecified atom stereocenters. The predicted molar refractivity (Wildman–Crippen MR) is 112 cm³/mol. The Morgan fingerprint density at radius 2 is 1.67 bits per heavy atom. The van der Waals surface area contributed by atoms with E-state index in [1.54, 1.807) is 6.20 Å². The van der Waals surface area contributed by atoms with Crippen molar-refractivity contribution in [3.05, 3.63) is 45.7 Å². The second kappa shape index (κ2) is 8.39. The Bertz CT molecular complexity index is 787. The quantitative estimate of drug-likeness (QED) is 0.627. The summed E-state index contributed by atoms with van der Waals surface area (Å²) in [5.41, 5.74) is 1.82. The number of aromatic nitrogens is 2. The number of carbonyl (C=O) groups excluding carboxylic acids is 1. The van der Waals surface area contributed by atoms with E-state index in [0.717, 1.165) is 60.0 Å². The summed E-state index contributed by atoms with van der Waals surface area (Å²) >= 11 is 2.25. The van der Waals surface area contributed by atoms with Crippen LogP contribution in [0, 0.1) is 3.57 Å². The molecule has 2 saturated heterocycles. The average Bonchev–Trinajstić information content (AvgIpc) is 2.75. The molecule has 2 aliphatic rings. The fourth-order valence-corrected chi connectivity index (χ4v) is 3.77. The molecule has 2 aromatic rings. The van der Waals surface area contributed by atoms with E-state index in [4.69, 9.17) is 4.74 Å². The van der Waals surface area contributed by atoms with Gasteiger partial charge in [0.25, 0.3) is 5.91 Å². The Kier molecular flexibility index (Phi) is 5.72. The monoisotopic (exact) mass is 479 g/mol. The van der Waals surface area contributed by atoms with E-state index in [1.165, 1.54) is 0 Å². The van der Waals surface area contributed by atoms with Gasteiger partial charge in [-0.2, -0.15) is 5.10 Å². The van der Waals surface area contributed by atoms with Crippen LogP contribution in [0.1, 0.15) is 10.4 Å². The lowest BCUT2D eigenvalue weighted by molar-refractivity contribution is 0.0746. The molecule has 0 N–H and O–H groups in total. The second-order valence-electron chi connectivity index (χ2n) is 6.66. The van der Waals surface area contributed by atoms with Gasteiger partial charge in [-0.3, -0.25) is 4.79 Å². The first kappa shape index (κ1) is 18.4. The highest BCUT2D eigenvalue weighted by molar-refractivity contribution is 14.1. The minimum Gasteiger partial charge on any atom is -0.378 e. The summed E-state index contributed by atoms with van der Waals surface area (Å²) in [6.07, 6.45) is 1.81. The fraction of sp³-hybridized carbons (Fsp3) is 0.421. The maximum absolute atomic E-state index is 12.7. The van der Waals surface area contributed by atoms with E-state index in [-0.39, 0.29) is 5.91 Å². The molecule has 27 heavy (non-hydrogen) atoms. The summed E-state index contributed by atoms with van der Waals surface area (Å²) in [7, 11) is 0. The van der Waals surface area contributed by atoms with Crippen molar-refractivity contribution >= 4 is 40.0 Å². The summed E-state index contributed by atoms with van der Waals surface area (Å²) in [5, 5.41) is 8.47. The first-order valence-electron chi connectivity index (χ1n) is 9.16. The number of benzene rings is 1. The van der Waals surface area contributed by atoms with Crippen molar-refractivity contribution in [3.8, 4) is 0 Å². The molecule has 0 saturated carbocycles. The Morgan fingerprint density at radius 1 is 0.963 bits per heavy atom. The van der Waals surface area contributed by atoms with Gasteiger partial charge in [0.15, 0.2) is 5.82 Å². The molecule has 3 heterocycles. The number of piperazine rings is 1. The zero-order chi connectivity index (χ0) is 18.6. The zero-order valence-electron chi connectivity index (χ0n) is 15.1. The first-order chi connectivity index (χ1) is 13.2. The van der Waals surface area contributed by atoms with Crippen LogP contribution in [-0.2, 0) is 4.74 Å². The second-order valence-corrected chi connectivity index (χ2v) is 7.90. The molecule has 2 fully saturated rings. The van der Waals surface area contributed by atoms with Gasteiger partial charge in [-0.15, -0.1) is 5.10 Å². The van der Waals surface area contributed by atoms with E-state index in [0.29, 0.717) is 13.1 Å². The SMILES string of the molecule is O=C(c1ccc(I)cc1)N1CCN(c2cnnc(N3CCOCC3)c2)CC1. The molecule has 2 aliphatic heterocycles. The van der Waals surface area contributed by atoms with Gasteiger partial charge in [0, 0.05) is 54.5 Å². The smallest absolute Gasteiger partial charge is 0.253 e. The maximum atomic E-state index is 12.7. The van der Waals surface area contributed by atoms with E-state index < -0.39 is 0 Å². The third-order valence-corrected chi connectivity index (χ3v) is 5.70. The summed E-state index contributed by atoms with van der Waals surface area (Å²) in [4.78, 5) is 19.1. The highest BCUT2D eigenvalue weighted by Crippen LogP contribution is 2.21. The lowest BCUT2D eigenvalue weighted by Gasteiger charge is -2.36. The number of rotatable bonds is 3. The van der Waals surface area contributed by atoms with Crippen molar-refractivity contribution in [2.45, 2.75) is 0 Å². The molecule has 8 heteroatoms. The van der Waals surface area contributed by atoms with Crippen LogP contribution in [-0.4, -0.2) is 73.5 Å². The molecule has 0 aliphatic carbocycles. The number of ether oxygens (including phenoxy) is 1. The maximum Gasteiger partial charge on any atom is 0.253 e. The van der Waals surface area contributed by atoms with Gasteiger partial charge in [0.05, 0.1) is 25.1 Å². The molecule has 0 atom stereocenters. The number of carbonyl (C=O) groups is 1. The van der Waals surface area contributed by atoms with Crippen LogP contribution >= 0.6 is 22.6 Å². The summed E-state index contributed by atoms with van der Waals surface area (Å²) in [5.74, 6) is 1.00. The molecule has 142 valence electrons. The number of anilines is 2. The van der Waals surface area contributed by atoms with E-state index in [9.17, 15) is 4.79 Å². The highest BCUT2D eigenvalue weighted by atomic mass is 127. The standard InChI is InChI=1S/C19H22IN5O2/c20-16-3-1-15(2-4-16)19(26)25-7-5-23(6-8-25)17-13-18(22-21-14-17)24-9-11-27-12-10-24/h1-4,13-14H,5-12H2. The largest absolute Gasteiger partial charge is 0.378 e. The average molecular weight is 479 g/mol. The van der Waals surface area contributed by atoms with Crippen LogP contribution in [0.15, 0.2) is 36.5 Å². The van der Waals surface area contributed by atoms with Crippen LogP contribution in [0.2, 0.25) is 0 Å². The first-order valence-corrected chi connectivity index (χ1v) is 10.2. The van der Waals surface area contributed by atoms with Crippen LogP contribution in [0.3, 0.4) is 0 Å². The van der Waals surface area contributed by atoms with Gasteiger partial charge in [0.1, 0.15) is 0 Å². The molecule has 1 aromatic carbocycles. The molecule has 1 aromatic heterocycles. The van der Waals surface area contributed by atoms with Crippen molar-refractivity contribution in [3.63, 3.8) is 0 Å². The Morgan fingerprint density at radius 3 is 2.37 bits per heavy atom. The molecular weight excluding hydrogens is 457 g/mol. The fourth-order valence-electron chi connectivity index (χ4n) is 3.41. The summed E-state index contributed by atoms with van der Waals surface area (Å²) in [6.45, 7) is 6.15. The predicted octanol–water partition coefficient (Wildman–Crippen LogP) is 1.88. The van der Waals surface area contributed by atoms with Gasteiger partial charge in [-0.05, 0) is 46.9 Å². The summed E-state index contributed by atoms with van der Waals surface area (Å²) < 4.78 is 6.54. The lowest BCUT2D eigenvalue weighted by Crippen LogP contribution is -2.49. The van der Waals surface area contributed by atoms with Crippen molar-refractivity contribution < 1.29 is 9.53 Å². The number of hydrogen-bond acceptors (Lipinski definition) is 6. The molecule has 0 radical (unpaired) electrons. The highest BCUT2D eigenvalue weighted by Gasteiger charge is 2.23. The molecule has 4 rings (SSSR count). The van der Waals surface area contributed by atoms with Gasteiger partial charge < -0.3 is 19.4 Å².